The Morgan fingerprint density at radius 1 is 1.29 bits per heavy atom. The van der Waals surface area contributed by atoms with Crippen LogP contribution in [0, 0.1) is 5.82 Å². The standard InChI is InChI=1S/C11H10ClF4N/c1-7(12)5-17-6-8-2-9(11(14,15)16)4-10(13)3-8/h2-4,17H,1,5-6H2. The molecular weight excluding hydrogens is 258 g/mol. The van der Waals surface area contributed by atoms with E-state index in [2.05, 4.69) is 11.9 Å². The fourth-order valence-electron chi connectivity index (χ4n) is 1.26. The van der Waals surface area contributed by atoms with Crippen LogP contribution in [0.2, 0.25) is 0 Å². The molecule has 6 heteroatoms. The van der Waals surface area contributed by atoms with Crippen molar-refractivity contribution in [2.75, 3.05) is 6.54 Å². The number of hydrogen-bond acceptors (Lipinski definition) is 1. The van der Waals surface area contributed by atoms with Crippen molar-refractivity contribution in [2.45, 2.75) is 12.7 Å². The summed E-state index contributed by atoms with van der Waals surface area (Å²) in [6, 6.07) is 2.40. The summed E-state index contributed by atoms with van der Waals surface area (Å²) < 4.78 is 50.1. The molecule has 0 fully saturated rings. The zero-order valence-corrected chi connectivity index (χ0v) is 9.50. The minimum atomic E-state index is -4.55. The average molecular weight is 268 g/mol. The van der Waals surface area contributed by atoms with Crippen LogP contribution in [0.25, 0.3) is 0 Å². The molecular formula is C11H10ClF4N. The Balaban J connectivity index is 2.79. The molecule has 0 heterocycles. The summed E-state index contributed by atoms with van der Waals surface area (Å²) in [5, 5.41) is 3.07. The van der Waals surface area contributed by atoms with Gasteiger partial charge in [0.05, 0.1) is 5.56 Å². The quantitative estimate of drug-likeness (QED) is 0.821. The van der Waals surface area contributed by atoms with E-state index in [-0.39, 0.29) is 18.7 Å². The Morgan fingerprint density at radius 2 is 1.94 bits per heavy atom. The summed E-state index contributed by atoms with van der Waals surface area (Å²) in [7, 11) is 0. The highest BCUT2D eigenvalue weighted by Crippen LogP contribution is 2.30. The van der Waals surface area contributed by atoms with Crippen LogP contribution in [-0.2, 0) is 12.7 Å². The van der Waals surface area contributed by atoms with Gasteiger partial charge in [0, 0.05) is 18.1 Å². The van der Waals surface area contributed by atoms with E-state index in [9.17, 15) is 17.6 Å². The first kappa shape index (κ1) is 14.0. The molecule has 0 saturated carbocycles. The average Bonchev–Trinajstić information content (AvgIpc) is 2.14. The van der Waals surface area contributed by atoms with Crippen LogP contribution < -0.4 is 5.32 Å². The van der Waals surface area contributed by atoms with E-state index in [4.69, 9.17) is 11.6 Å². The Labute approximate surface area is 101 Å². The summed E-state index contributed by atoms with van der Waals surface area (Å²) in [4.78, 5) is 0. The predicted molar refractivity (Wildman–Crippen MR) is 58.1 cm³/mol. The van der Waals surface area contributed by atoms with Gasteiger partial charge in [-0.2, -0.15) is 13.2 Å². The molecule has 17 heavy (non-hydrogen) atoms. The van der Waals surface area contributed by atoms with E-state index in [1.54, 1.807) is 0 Å². The molecule has 1 nitrogen and oxygen atoms in total. The number of alkyl halides is 3. The summed E-state index contributed by atoms with van der Waals surface area (Å²) in [6.07, 6.45) is -4.55. The van der Waals surface area contributed by atoms with Crippen LogP contribution in [0.1, 0.15) is 11.1 Å². The lowest BCUT2D eigenvalue weighted by Gasteiger charge is -2.10. The lowest BCUT2D eigenvalue weighted by molar-refractivity contribution is -0.137. The molecule has 0 aliphatic rings. The van der Waals surface area contributed by atoms with E-state index in [0.717, 1.165) is 12.1 Å². The van der Waals surface area contributed by atoms with Gasteiger partial charge in [-0.1, -0.05) is 18.2 Å². The molecule has 1 rings (SSSR count). The van der Waals surface area contributed by atoms with Crippen molar-refractivity contribution in [3.63, 3.8) is 0 Å². The van der Waals surface area contributed by atoms with Gasteiger partial charge in [-0.05, 0) is 23.8 Å². The van der Waals surface area contributed by atoms with E-state index in [1.165, 1.54) is 0 Å². The van der Waals surface area contributed by atoms with Crippen LogP contribution >= 0.6 is 11.6 Å². The van der Waals surface area contributed by atoms with Gasteiger partial charge in [0.1, 0.15) is 5.82 Å². The largest absolute Gasteiger partial charge is 0.416 e. The number of nitrogens with one attached hydrogen (secondary N) is 1. The zero-order valence-electron chi connectivity index (χ0n) is 8.74. The molecule has 0 spiro atoms. The van der Waals surface area contributed by atoms with Gasteiger partial charge < -0.3 is 5.32 Å². The minimum Gasteiger partial charge on any atom is -0.308 e. The molecule has 0 aliphatic heterocycles. The lowest BCUT2D eigenvalue weighted by atomic mass is 10.1. The van der Waals surface area contributed by atoms with Crippen molar-refractivity contribution < 1.29 is 17.6 Å². The van der Waals surface area contributed by atoms with E-state index in [1.807, 2.05) is 0 Å². The first-order chi connectivity index (χ1) is 7.79. The zero-order chi connectivity index (χ0) is 13.1. The number of hydrogen-bond donors (Lipinski definition) is 1. The molecule has 0 amide bonds. The molecule has 0 radical (unpaired) electrons. The Morgan fingerprint density at radius 3 is 2.47 bits per heavy atom. The van der Waals surface area contributed by atoms with Crippen LogP contribution in [0.4, 0.5) is 17.6 Å². The third-order valence-corrected chi connectivity index (χ3v) is 2.06. The molecule has 0 bridgehead atoms. The monoisotopic (exact) mass is 267 g/mol. The number of halogens is 5. The second kappa shape index (κ2) is 5.51. The molecule has 1 aromatic rings. The fraction of sp³-hybridized carbons (Fsp3) is 0.273. The maximum Gasteiger partial charge on any atom is 0.416 e. The van der Waals surface area contributed by atoms with Gasteiger partial charge >= 0.3 is 6.18 Å². The highest BCUT2D eigenvalue weighted by molar-refractivity contribution is 6.29. The molecule has 0 aromatic heterocycles. The van der Waals surface area contributed by atoms with Crippen LogP contribution in [0.3, 0.4) is 0 Å². The van der Waals surface area contributed by atoms with Crippen molar-refractivity contribution in [3.8, 4) is 0 Å². The van der Waals surface area contributed by atoms with Crippen LogP contribution in [0.5, 0.6) is 0 Å². The van der Waals surface area contributed by atoms with Gasteiger partial charge in [0.15, 0.2) is 0 Å². The Bertz CT molecular complexity index is 414. The fourth-order valence-corrected chi connectivity index (χ4v) is 1.35. The highest BCUT2D eigenvalue weighted by Gasteiger charge is 2.31. The maximum atomic E-state index is 13.0. The van der Waals surface area contributed by atoms with Gasteiger partial charge in [0.25, 0.3) is 0 Å². The summed E-state index contributed by atoms with van der Waals surface area (Å²) in [5.74, 6) is -0.915. The van der Waals surface area contributed by atoms with Gasteiger partial charge in [-0.15, -0.1) is 0 Å². The topological polar surface area (TPSA) is 12.0 Å². The first-order valence-electron chi connectivity index (χ1n) is 4.69. The second-order valence-electron chi connectivity index (χ2n) is 3.47. The summed E-state index contributed by atoms with van der Waals surface area (Å²) in [5.41, 5.74) is -0.797. The maximum absolute atomic E-state index is 13.0. The Hall–Kier alpha value is -1.07. The second-order valence-corrected chi connectivity index (χ2v) is 4.00. The van der Waals surface area contributed by atoms with E-state index >= 15 is 0 Å². The van der Waals surface area contributed by atoms with Crippen molar-refractivity contribution >= 4 is 11.6 Å². The summed E-state index contributed by atoms with van der Waals surface area (Å²) >= 11 is 5.47. The molecule has 0 aliphatic carbocycles. The van der Waals surface area contributed by atoms with Crippen molar-refractivity contribution in [2.24, 2.45) is 0 Å². The third-order valence-electron chi connectivity index (χ3n) is 1.93. The molecule has 1 N–H and O–H groups in total. The summed E-state index contributed by atoms with van der Waals surface area (Å²) in [6.45, 7) is 3.75. The van der Waals surface area contributed by atoms with E-state index < -0.39 is 17.6 Å². The number of benzene rings is 1. The van der Waals surface area contributed by atoms with Gasteiger partial charge in [-0.3, -0.25) is 0 Å². The van der Waals surface area contributed by atoms with Crippen LogP contribution in [0.15, 0.2) is 29.8 Å². The van der Waals surface area contributed by atoms with E-state index in [0.29, 0.717) is 11.1 Å². The molecule has 0 atom stereocenters. The molecule has 0 unspecified atom stereocenters. The van der Waals surface area contributed by atoms with Crippen molar-refractivity contribution in [1.29, 1.82) is 0 Å². The van der Waals surface area contributed by atoms with Gasteiger partial charge in [0.2, 0.25) is 0 Å². The smallest absolute Gasteiger partial charge is 0.308 e. The lowest BCUT2D eigenvalue weighted by Crippen LogP contribution is -2.15. The highest BCUT2D eigenvalue weighted by atomic mass is 35.5. The molecule has 0 saturated heterocycles. The van der Waals surface area contributed by atoms with Crippen LogP contribution in [-0.4, -0.2) is 6.54 Å². The van der Waals surface area contributed by atoms with Crippen molar-refractivity contribution in [3.05, 3.63) is 46.8 Å². The molecule has 94 valence electrons. The number of rotatable bonds is 4. The Kier molecular flexibility index (Phi) is 4.54. The normalized spacial score (nSPS) is 11.6. The third kappa shape index (κ3) is 4.75. The first-order valence-corrected chi connectivity index (χ1v) is 5.07. The minimum absolute atomic E-state index is 0.0899. The van der Waals surface area contributed by atoms with Gasteiger partial charge in [-0.25, -0.2) is 4.39 Å². The predicted octanol–water partition coefficient (Wildman–Crippen LogP) is 3.69. The van der Waals surface area contributed by atoms with Crippen molar-refractivity contribution in [1.82, 2.24) is 5.32 Å². The molecule has 1 aromatic carbocycles. The SMILES string of the molecule is C=C(Cl)CNCc1cc(F)cc(C(F)(F)F)c1.